The summed E-state index contributed by atoms with van der Waals surface area (Å²) in [4.78, 5) is 0. The minimum atomic E-state index is 0.846. The monoisotopic (exact) mass is 168 g/mol. The molecule has 0 saturated heterocycles. The van der Waals surface area contributed by atoms with Crippen molar-refractivity contribution in [2.24, 2.45) is 0 Å². The van der Waals surface area contributed by atoms with Gasteiger partial charge in [-0.2, -0.15) is 11.8 Å². The summed E-state index contributed by atoms with van der Waals surface area (Å²) in [6.07, 6.45) is 7.12. The van der Waals surface area contributed by atoms with Gasteiger partial charge in [-0.25, -0.2) is 0 Å². The highest BCUT2D eigenvalue weighted by Gasteiger charge is 2.21. The lowest BCUT2D eigenvalue weighted by atomic mass is 9.88. The van der Waals surface area contributed by atoms with Gasteiger partial charge in [-0.05, 0) is 44.8 Å². The van der Waals surface area contributed by atoms with E-state index in [1.54, 1.807) is 0 Å². The van der Waals surface area contributed by atoms with Gasteiger partial charge in [-0.15, -0.1) is 0 Å². The fraction of sp³-hybridized carbons (Fsp3) is 0.800. The van der Waals surface area contributed by atoms with Gasteiger partial charge >= 0.3 is 0 Å². The maximum Gasteiger partial charge on any atom is 0.0230 e. The molecule has 1 aliphatic heterocycles. The van der Waals surface area contributed by atoms with Crippen LogP contribution in [0.15, 0.2) is 11.1 Å². The molecule has 0 bridgehead atoms. The maximum absolute atomic E-state index is 2.38. The van der Waals surface area contributed by atoms with Crippen LogP contribution in [0.5, 0.6) is 0 Å². The smallest absolute Gasteiger partial charge is 0.0230 e. The summed E-state index contributed by atoms with van der Waals surface area (Å²) in [5, 5.41) is 0.846. The Morgan fingerprint density at radius 3 is 2.82 bits per heavy atom. The summed E-state index contributed by atoms with van der Waals surface area (Å²) < 4.78 is 0. The van der Waals surface area contributed by atoms with Gasteiger partial charge in [0.2, 0.25) is 0 Å². The van der Waals surface area contributed by atoms with Crippen LogP contribution >= 0.6 is 11.8 Å². The first-order valence-corrected chi connectivity index (χ1v) is 5.75. The molecule has 0 amide bonds. The molecule has 2 aliphatic rings. The van der Waals surface area contributed by atoms with Crippen molar-refractivity contribution in [2.45, 2.75) is 44.3 Å². The van der Waals surface area contributed by atoms with Crippen molar-refractivity contribution in [2.75, 3.05) is 5.75 Å². The van der Waals surface area contributed by atoms with Crippen molar-refractivity contribution in [3.63, 3.8) is 0 Å². The summed E-state index contributed by atoms with van der Waals surface area (Å²) in [7, 11) is 0. The molecule has 1 unspecified atom stereocenters. The predicted molar refractivity (Wildman–Crippen MR) is 52.0 cm³/mol. The van der Waals surface area contributed by atoms with Gasteiger partial charge in [0.1, 0.15) is 0 Å². The van der Waals surface area contributed by atoms with Crippen molar-refractivity contribution >= 4 is 11.8 Å². The largest absolute Gasteiger partial charge is 0.154 e. The summed E-state index contributed by atoms with van der Waals surface area (Å²) >= 11 is 2.15. The fourth-order valence-corrected chi connectivity index (χ4v) is 3.43. The van der Waals surface area contributed by atoms with Gasteiger partial charge in [0.05, 0.1) is 0 Å². The van der Waals surface area contributed by atoms with Gasteiger partial charge < -0.3 is 0 Å². The summed E-state index contributed by atoms with van der Waals surface area (Å²) in [6.45, 7) is 2.38. The van der Waals surface area contributed by atoms with E-state index >= 15 is 0 Å². The Morgan fingerprint density at radius 2 is 2.00 bits per heavy atom. The van der Waals surface area contributed by atoms with E-state index in [1.807, 2.05) is 11.1 Å². The Balaban J connectivity index is 2.21. The first-order chi connectivity index (χ1) is 5.38. The third kappa shape index (κ3) is 1.48. The quantitative estimate of drug-likeness (QED) is 0.500. The molecular formula is C10H16S. The number of rotatable bonds is 0. The van der Waals surface area contributed by atoms with E-state index in [2.05, 4.69) is 18.7 Å². The van der Waals surface area contributed by atoms with E-state index < -0.39 is 0 Å². The second kappa shape index (κ2) is 3.22. The molecule has 0 N–H and O–H groups in total. The van der Waals surface area contributed by atoms with E-state index in [-0.39, 0.29) is 0 Å². The van der Waals surface area contributed by atoms with E-state index in [4.69, 9.17) is 0 Å². The predicted octanol–water partition coefficient (Wildman–Crippen LogP) is 3.38. The molecule has 1 atom stereocenters. The van der Waals surface area contributed by atoms with Crippen molar-refractivity contribution in [1.29, 1.82) is 0 Å². The second-order valence-corrected chi connectivity index (χ2v) is 5.05. The highest BCUT2D eigenvalue weighted by molar-refractivity contribution is 8.00. The van der Waals surface area contributed by atoms with Crippen LogP contribution in [0, 0.1) is 0 Å². The Kier molecular flexibility index (Phi) is 2.26. The van der Waals surface area contributed by atoms with Crippen molar-refractivity contribution < 1.29 is 0 Å². The lowest BCUT2D eigenvalue weighted by Crippen LogP contribution is -2.15. The normalized spacial score (nSPS) is 31.9. The van der Waals surface area contributed by atoms with E-state index in [0.29, 0.717) is 0 Å². The van der Waals surface area contributed by atoms with Gasteiger partial charge in [0, 0.05) is 5.25 Å². The van der Waals surface area contributed by atoms with Crippen molar-refractivity contribution in [1.82, 2.24) is 0 Å². The zero-order chi connectivity index (χ0) is 7.68. The zero-order valence-electron chi connectivity index (χ0n) is 7.23. The minimum Gasteiger partial charge on any atom is -0.154 e. The summed E-state index contributed by atoms with van der Waals surface area (Å²) in [5.74, 6) is 1.38. The summed E-state index contributed by atoms with van der Waals surface area (Å²) in [6, 6.07) is 0. The average Bonchev–Trinajstić information content (AvgIpc) is 2.06. The lowest BCUT2D eigenvalue weighted by molar-refractivity contribution is 0.638. The van der Waals surface area contributed by atoms with Gasteiger partial charge in [-0.3, -0.25) is 0 Å². The molecule has 0 fully saturated rings. The Bertz CT molecular complexity index is 177. The average molecular weight is 168 g/mol. The maximum atomic E-state index is 2.38. The van der Waals surface area contributed by atoms with E-state index in [1.165, 1.54) is 37.9 Å². The number of allylic oxidation sites excluding steroid dienone is 1. The first-order valence-electron chi connectivity index (χ1n) is 4.70. The van der Waals surface area contributed by atoms with E-state index in [9.17, 15) is 0 Å². The van der Waals surface area contributed by atoms with Crippen LogP contribution in [0.4, 0.5) is 0 Å². The van der Waals surface area contributed by atoms with Crippen LogP contribution in [-0.4, -0.2) is 11.0 Å². The molecule has 0 aromatic carbocycles. The van der Waals surface area contributed by atoms with Crippen LogP contribution in [0.1, 0.15) is 39.0 Å². The van der Waals surface area contributed by atoms with Crippen molar-refractivity contribution in [3.05, 3.63) is 11.1 Å². The SMILES string of the molecule is CC1SCCC2=C1CCCC2. The molecule has 0 radical (unpaired) electrons. The standard InChI is InChI=1S/C10H16S/c1-8-10-5-3-2-4-9(10)6-7-11-8/h8H,2-7H2,1H3. The van der Waals surface area contributed by atoms with Crippen molar-refractivity contribution in [3.8, 4) is 0 Å². The number of hydrogen-bond acceptors (Lipinski definition) is 1. The molecule has 1 heteroatoms. The molecule has 1 heterocycles. The first kappa shape index (κ1) is 7.72. The Morgan fingerprint density at radius 1 is 1.18 bits per heavy atom. The van der Waals surface area contributed by atoms with E-state index in [0.717, 1.165) is 5.25 Å². The van der Waals surface area contributed by atoms with Crippen LogP contribution in [0.3, 0.4) is 0 Å². The third-order valence-electron chi connectivity index (χ3n) is 2.89. The molecule has 0 saturated carbocycles. The molecule has 11 heavy (non-hydrogen) atoms. The Hall–Kier alpha value is 0.0900. The van der Waals surface area contributed by atoms with Crippen LogP contribution < -0.4 is 0 Å². The van der Waals surface area contributed by atoms with Crippen LogP contribution in [-0.2, 0) is 0 Å². The molecule has 2 rings (SSSR count). The van der Waals surface area contributed by atoms with Gasteiger partial charge in [0.25, 0.3) is 0 Å². The lowest BCUT2D eigenvalue weighted by Gasteiger charge is -2.29. The molecule has 0 nitrogen and oxygen atoms in total. The molecule has 0 aromatic heterocycles. The molecule has 0 spiro atoms. The molecular weight excluding hydrogens is 152 g/mol. The second-order valence-electron chi connectivity index (χ2n) is 3.60. The fourth-order valence-electron chi connectivity index (χ4n) is 2.23. The highest BCUT2D eigenvalue weighted by atomic mass is 32.2. The number of hydrogen-bond donors (Lipinski definition) is 0. The Labute approximate surface area is 73.4 Å². The number of thioether (sulfide) groups is 1. The van der Waals surface area contributed by atoms with Gasteiger partial charge in [-0.1, -0.05) is 11.1 Å². The third-order valence-corrected chi connectivity index (χ3v) is 4.12. The molecule has 0 aromatic rings. The highest BCUT2D eigenvalue weighted by Crippen LogP contribution is 2.38. The minimum absolute atomic E-state index is 0.846. The zero-order valence-corrected chi connectivity index (χ0v) is 8.04. The van der Waals surface area contributed by atoms with Crippen LogP contribution in [0.25, 0.3) is 0 Å². The topological polar surface area (TPSA) is 0 Å². The van der Waals surface area contributed by atoms with Crippen LogP contribution in [0.2, 0.25) is 0 Å². The van der Waals surface area contributed by atoms with Gasteiger partial charge in [0.15, 0.2) is 0 Å². The summed E-state index contributed by atoms with van der Waals surface area (Å²) in [5.41, 5.74) is 3.63. The molecule has 1 aliphatic carbocycles. The molecule has 62 valence electrons.